The summed E-state index contributed by atoms with van der Waals surface area (Å²) in [6.45, 7) is 0. The molecule has 0 aromatic heterocycles. The number of rotatable bonds is 9. The van der Waals surface area contributed by atoms with Crippen molar-refractivity contribution in [2.75, 3.05) is 10.9 Å². The van der Waals surface area contributed by atoms with E-state index in [-0.39, 0.29) is 28.0 Å². The van der Waals surface area contributed by atoms with Crippen molar-refractivity contribution in [3.63, 3.8) is 0 Å². The van der Waals surface area contributed by atoms with Gasteiger partial charge in [-0.1, -0.05) is 24.3 Å². The molecule has 0 saturated carbocycles. The summed E-state index contributed by atoms with van der Waals surface area (Å²) in [4.78, 5) is 35.9. The van der Waals surface area contributed by atoms with E-state index in [0.29, 0.717) is 11.4 Å². The molecular formula is C31H22N6O9S. The summed E-state index contributed by atoms with van der Waals surface area (Å²) in [5.41, 5.74) is 5.86. The molecule has 0 amide bonds. The number of nitrogens with one attached hydrogen (secondary N) is 2. The van der Waals surface area contributed by atoms with E-state index < -0.39 is 42.9 Å². The number of hydrogen-bond acceptors (Lipinski definition) is 13. The Morgan fingerprint density at radius 2 is 1.30 bits per heavy atom. The Labute approximate surface area is 264 Å². The Kier molecular flexibility index (Phi) is 8.97. The van der Waals surface area contributed by atoms with E-state index in [0.717, 1.165) is 41.5 Å². The molecule has 0 aliphatic carbocycles. The summed E-state index contributed by atoms with van der Waals surface area (Å²) >= 11 is 0. The normalized spacial score (nSPS) is 12.4. The van der Waals surface area contributed by atoms with Crippen LogP contribution >= 0.6 is 0 Å². The first-order valence-electron chi connectivity index (χ1n) is 13.3. The van der Waals surface area contributed by atoms with Gasteiger partial charge in [0.15, 0.2) is 5.36 Å². The van der Waals surface area contributed by atoms with Crippen LogP contribution in [0.5, 0.6) is 11.5 Å². The van der Waals surface area contributed by atoms with Gasteiger partial charge in [-0.25, -0.2) is 4.79 Å². The van der Waals surface area contributed by atoms with Crippen LogP contribution in [0.2, 0.25) is 0 Å². The Morgan fingerprint density at radius 1 is 0.681 bits per heavy atom. The highest BCUT2D eigenvalue weighted by molar-refractivity contribution is 7.85. The van der Waals surface area contributed by atoms with E-state index in [1.54, 1.807) is 48.5 Å². The number of aromatic carboxylic acids is 1. The van der Waals surface area contributed by atoms with Gasteiger partial charge < -0.3 is 15.3 Å². The lowest BCUT2D eigenvalue weighted by Crippen LogP contribution is -2.47. The van der Waals surface area contributed by atoms with Gasteiger partial charge in [0, 0.05) is 0 Å². The van der Waals surface area contributed by atoms with Gasteiger partial charge in [0.25, 0.3) is 10.1 Å². The third-order valence-corrected chi connectivity index (χ3v) is 7.36. The molecule has 0 atom stereocenters. The maximum atomic E-state index is 12.9. The van der Waals surface area contributed by atoms with Crippen molar-refractivity contribution >= 4 is 38.8 Å². The second kappa shape index (κ2) is 13.2. The minimum Gasteiger partial charge on any atom is -0.507 e. The van der Waals surface area contributed by atoms with Crippen LogP contribution in [0, 0.1) is 0 Å². The van der Waals surface area contributed by atoms with Crippen molar-refractivity contribution in [3.8, 4) is 22.6 Å². The van der Waals surface area contributed by atoms with E-state index in [2.05, 4.69) is 31.3 Å². The first-order chi connectivity index (χ1) is 22.4. The van der Waals surface area contributed by atoms with Gasteiger partial charge >= 0.3 is 5.97 Å². The topological polar surface area (TPSA) is 240 Å². The number of nitrogens with zero attached hydrogens (tertiary/aromatic N) is 4. The van der Waals surface area contributed by atoms with Crippen LogP contribution in [-0.4, -0.2) is 34.3 Å². The molecular weight excluding hydrogens is 632 g/mol. The fourth-order valence-electron chi connectivity index (χ4n) is 4.07. The second-order valence-electron chi connectivity index (χ2n) is 9.69. The fourth-order valence-corrected chi connectivity index (χ4v) is 4.58. The van der Waals surface area contributed by atoms with Gasteiger partial charge in [-0.2, -0.15) is 28.8 Å². The quantitative estimate of drug-likeness (QED) is 0.0581. The van der Waals surface area contributed by atoms with Gasteiger partial charge in [0.1, 0.15) is 22.4 Å². The number of azo groups is 1. The average Bonchev–Trinajstić information content (AvgIpc) is 3.04. The van der Waals surface area contributed by atoms with Gasteiger partial charge in [0.05, 0.1) is 27.6 Å². The highest BCUT2D eigenvalue weighted by Gasteiger charge is 2.13. The lowest BCUT2D eigenvalue weighted by molar-refractivity contribution is 0.0693. The van der Waals surface area contributed by atoms with E-state index in [4.69, 9.17) is 5.11 Å². The minimum absolute atomic E-state index is 0.216. The van der Waals surface area contributed by atoms with Crippen LogP contribution < -0.4 is 32.4 Å². The zero-order valence-corrected chi connectivity index (χ0v) is 24.6. The van der Waals surface area contributed by atoms with Crippen molar-refractivity contribution in [2.45, 2.75) is 4.90 Å². The van der Waals surface area contributed by atoms with E-state index in [1.807, 2.05) is 0 Å². The number of hydrogen-bond donors (Lipinski definition) is 6. The number of phenolic OH excluding ortho intramolecular Hbond substituents is 1. The molecule has 5 rings (SSSR count). The van der Waals surface area contributed by atoms with Crippen molar-refractivity contribution in [1.82, 2.24) is 0 Å². The van der Waals surface area contributed by atoms with Crippen molar-refractivity contribution in [1.29, 1.82) is 0 Å². The number of carboxylic acid groups (broad SMARTS) is 1. The summed E-state index contributed by atoms with van der Waals surface area (Å²) in [6, 6.07) is 22.9. The van der Waals surface area contributed by atoms with Crippen molar-refractivity contribution in [2.24, 2.45) is 20.4 Å². The number of anilines is 2. The molecule has 6 N–H and O–H groups in total. The van der Waals surface area contributed by atoms with E-state index in [1.165, 1.54) is 18.2 Å². The molecule has 0 spiro atoms. The largest absolute Gasteiger partial charge is 0.507 e. The third kappa shape index (κ3) is 7.59. The van der Waals surface area contributed by atoms with Crippen LogP contribution in [0.1, 0.15) is 10.4 Å². The summed E-state index contributed by atoms with van der Waals surface area (Å²) < 4.78 is 32.0. The molecule has 0 aliphatic heterocycles. The molecule has 0 radical (unpaired) electrons. The lowest BCUT2D eigenvalue weighted by atomic mass is 10.1. The van der Waals surface area contributed by atoms with Gasteiger partial charge in [-0.05, 0) is 83.9 Å². The Bertz CT molecular complexity index is 2370. The monoisotopic (exact) mass is 654 g/mol. The van der Waals surface area contributed by atoms with Crippen molar-refractivity contribution in [3.05, 3.63) is 134 Å². The first kappa shape index (κ1) is 31.9. The molecule has 0 aliphatic rings. The fraction of sp³-hybridized carbons (Fsp3) is 0. The number of carboxylic acids is 1. The summed E-state index contributed by atoms with van der Waals surface area (Å²) in [6.07, 6.45) is 0. The highest BCUT2D eigenvalue weighted by Crippen LogP contribution is 2.28. The zero-order valence-electron chi connectivity index (χ0n) is 23.8. The molecule has 236 valence electrons. The van der Waals surface area contributed by atoms with Gasteiger partial charge in [0.2, 0.25) is 10.9 Å². The molecule has 5 aromatic carbocycles. The SMILES string of the molecule is O=C(O)c1cc(N=Nc2ccc(-c3ccc(NN=c4c(=O)ccc(=NNc5cc(S(=O)(=O)O)ccc5O)c4=O)cc3)cc2)ccc1O. The first-order valence-corrected chi connectivity index (χ1v) is 14.8. The standard InChI is InChI=1S/C31H22N6O9S/c38-26-12-9-21(15-23(26)31(42)43)34-32-19-5-1-17(2-6-19)18-3-7-20(8-4-18)33-37-29-28(40)14-11-24(30(29)41)35-36-25-16-22(47(44,45)46)10-13-27(25)39/h1-16,33,36,38-39H,(H,42,43)(H,44,45,46). The maximum absolute atomic E-state index is 12.9. The zero-order chi connectivity index (χ0) is 33.7. The predicted molar refractivity (Wildman–Crippen MR) is 169 cm³/mol. The summed E-state index contributed by atoms with van der Waals surface area (Å²) in [5, 5.41) is 43.9. The van der Waals surface area contributed by atoms with Gasteiger partial charge in [-0.3, -0.25) is 25.0 Å². The van der Waals surface area contributed by atoms with E-state index >= 15 is 0 Å². The van der Waals surface area contributed by atoms with Crippen LogP contribution in [0.15, 0.2) is 132 Å². The van der Waals surface area contributed by atoms with Crippen LogP contribution in [-0.2, 0) is 10.1 Å². The maximum Gasteiger partial charge on any atom is 0.339 e. The smallest absolute Gasteiger partial charge is 0.339 e. The van der Waals surface area contributed by atoms with Crippen LogP contribution in [0.3, 0.4) is 0 Å². The number of aromatic hydroxyl groups is 2. The highest BCUT2D eigenvalue weighted by atomic mass is 32.2. The predicted octanol–water partition coefficient (Wildman–Crippen LogP) is 3.58. The van der Waals surface area contributed by atoms with Crippen molar-refractivity contribution < 1.29 is 33.1 Å². The number of carbonyl (C=O) groups is 1. The third-order valence-electron chi connectivity index (χ3n) is 6.51. The molecule has 0 saturated heterocycles. The molecule has 47 heavy (non-hydrogen) atoms. The van der Waals surface area contributed by atoms with Crippen LogP contribution in [0.4, 0.5) is 22.7 Å². The summed E-state index contributed by atoms with van der Waals surface area (Å²) in [5.74, 6) is -2.07. The molecule has 5 aromatic rings. The Hall–Kier alpha value is -6.52. The van der Waals surface area contributed by atoms with Gasteiger partial charge in [-0.15, -0.1) is 0 Å². The average molecular weight is 655 g/mol. The molecule has 0 bridgehead atoms. The second-order valence-corrected chi connectivity index (χ2v) is 11.1. The molecule has 0 fully saturated rings. The Balaban J connectivity index is 1.30. The molecule has 16 heteroatoms. The number of benzene rings is 5. The Morgan fingerprint density at radius 3 is 1.96 bits per heavy atom. The molecule has 15 nitrogen and oxygen atoms in total. The molecule has 0 unspecified atom stereocenters. The minimum atomic E-state index is -4.56. The lowest BCUT2D eigenvalue weighted by Gasteiger charge is -2.05. The van der Waals surface area contributed by atoms with Crippen LogP contribution in [0.25, 0.3) is 11.1 Å². The number of phenols is 2. The molecule has 0 heterocycles. The summed E-state index contributed by atoms with van der Waals surface area (Å²) in [7, 11) is -4.56. The van der Waals surface area contributed by atoms with E-state index in [9.17, 15) is 37.6 Å².